The van der Waals surface area contributed by atoms with Crippen molar-refractivity contribution >= 4 is 11.0 Å². The maximum Gasteiger partial charge on any atom is 0.113 e. The van der Waals surface area contributed by atoms with Crippen molar-refractivity contribution in [3.8, 4) is 0 Å². The molecule has 4 nitrogen and oxygen atoms in total. The van der Waals surface area contributed by atoms with Crippen LogP contribution >= 0.6 is 0 Å². The zero-order chi connectivity index (χ0) is 14.5. The Hall–Kier alpha value is -1.42. The second kappa shape index (κ2) is 7.03. The van der Waals surface area contributed by atoms with Crippen LogP contribution in [0.15, 0.2) is 24.3 Å². The summed E-state index contributed by atoms with van der Waals surface area (Å²) in [6.45, 7) is 6.83. The number of rotatable bonds is 6. The molecule has 2 aromatic rings. The summed E-state index contributed by atoms with van der Waals surface area (Å²) in [6.07, 6.45) is 6.91. The fraction of sp³-hybridized carbons (Fsp3) is 0.647. The SMILES string of the molecule is CCCCC1CCN(CCn2nnc3ccccc32)CC1. The standard InChI is InChI=1S/C17H26N4/c1-2-3-6-15-9-11-20(12-10-15)13-14-21-17-8-5-4-7-16(17)18-19-21/h4-5,7-8,15H,2-3,6,9-14H2,1H3. The fourth-order valence-corrected chi connectivity index (χ4v) is 3.31. The average molecular weight is 286 g/mol. The maximum absolute atomic E-state index is 4.28. The first-order valence-corrected chi connectivity index (χ1v) is 8.37. The summed E-state index contributed by atoms with van der Waals surface area (Å²) in [7, 11) is 0. The van der Waals surface area contributed by atoms with Gasteiger partial charge in [0.25, 0.3) is 0 Å². The third kappa shape index (κ3) is 3.62. The first kappa shape index (κ1) is 14.5. The van der Waals surface area contributed by atoms with Crippen LogP contribution in [-0.2, 0) is 6.54 Å². The minimum atomic E-state index is 0.945. The molecule has 2 heterocycles. The molecule has 0 N–H and O–H groups in total. The zero-order valence-electron chi connectivity index (χ0n) is 13.0. The topological polar surface area (TPSA) is 34.0 Å². The zero-order valence-corrected chi connectivity index (χ0v) is 13.0. The van der Waals surface area contributed by atoms with Crippen molar-refractivity contribution in [1.82, 2.24) is 19.9 Å². The van der Waals surface area contributed by atoms with Crippen LogP contribution in [0.1, 0.15) is 39.0 Å². The van der Waals surface area contributed by atoms with Crippen LogP contribution in [-0.4, -0.2) is 39.5 Å². The lowest BCUT2D eigenvalue weighted by molar-refractivity contribution is 0.171. The number of unbranched alkanes of at least 4 members (excludes halogenated alkanes) is 1. The Morgan fingerprint density at radius 2 is 1.95 bits per heavy atom. The highest BCUT2D eigenvalue weighted by Crippen LogP contribution is 2.22. The number of piperidine rings is 1. The van der Waals surface area contributed by atoms with Crippen molar-refractivity contribution in [3.63, 3.8) is 0 Å². The fourth-order valence-electron chi connectivity index (χ4n) is 3.31. The number of para-hydroxylation sites is 1. The quantitative estimate of drug-likeness (QED) is 0.817. The summed E-state index contributed by atoms with van der Waals surface area (Å²) in [5.74, 6) is 0.966. The molecule has 1 aliphatic rings. The van der Waals surface area contributed by atoms with Gasteiger partial charge in [-0.1, -0.05) is 43.5 Å². The van der Waals surface area contributed by atoms with Crippen LogP contribution in [0.2, 0.25) is 0 Å². The Kier molecular flexibility index (Phi) is 4.86. The second-order valence-electron chi connectivity index (χ2n) is 6.23. The molecule has 1 fully saturated rings. The van der Waals surface area contributed by atoms with E-state index in [9.17, 15) is 0 Å². The van der Waals surface area contributed by atoms with Gasteiger partial charge >= 0.3 is 0 Å². The van der Waals surface area contributed by atoms with Crippen molar-refractivity contribution in [1.29, 1.82) is 0 Å². The molecule has 0 spiro atoms. The van der Waals surface area contributed by atoms with E-state index in [0.29, 0.717) is 0 Å². The van der Waals surface area contributed by atoms with E-state index in [0.717, 1.165) is 30.0 Å². The van der Waals surface area contributed by atoms with E-state index in [4.69, 9.17) is 0 Å². The Labute approximate surface area is 127 Å². The molecule has 1 aromatic heterocycles. The predicted octanol–water partition coefficient (Wildman–Crippen LogP) is 3.33. The summed E-state index contributed by atoms with van der Waals surface area (Å²) in [4.78, 5) is 2.58. The van der Waals surface area contributed by atoms with E-state index in [2.05, 4.69) is 34.3 Å². The van der Waals surface area contributed by atoms with E-state index in [1.54, 1.807) is 0 Å². The number of likely N-dealkylation sites (tertiary alicyclic amines) is 1. The Balaban J connectivity index is 1.48. The molecular weight excluding hydrogens is 260 g/mol. The summed E-state index contributed by atoms with van der Waals surface area (Å²) in [5.41, 5.74) is 2.14. The molecule has 0 atom stereocenters. The van der Waals surface area contributed by atoms with Gasteiger partial charge in [-0.25, -0.2) is 4.68 Å². The molecule has 0 radical (unpaired) electrons. The van der Waals surface area contributed by atoms with Crippen molar-refractivity contribution in [2.24, 2.45) is 5.92 Å². The molecule has 3 rings (SSSR count). The van der Waals surface area contributed by atoms with Crippen LogP contribution in [0.4, 0.5) is 0 Å². The van der Waals surface area contributed by atoms with Gasteiger partial charge in [0.05, 0.1) is 12.1 Å². The summed E-state index contributed by atoms with van der Waals surface area (Å²) < 4.78 is 2.04. The van der Waals surface area contributed by atoms with Crippen LogP contribution in [0.5, 0.6) is 0 Å². The second-order valence-corrected chi connectivity index (χ2v) is 6.23. The van der Waals surface area contributed by atoms with Gasteiger partial charge in [-0.2, -0.15) is 0 Å². The van der Waals surface area contributed by atoms with E-state index in [-0.39, 0.29) is 0 Å². The normalized spacial score (nSPS) is 17.6. The van der Waals surface area contributed by atoms with Gasteiger partial charge < -0.3 is 4.90 Å². The molecule has 0 saturated carbocycles. The molecule has 21 heavy (non-hydrogen) atoms. The van der Waals surface area contributed by atoms with Gasteiger partial charge in [0, 0.05) is 6.54 Å². The number of aromatic nitrogens is 3. The molecular formula is C17H26N4. The van der Waals surface area contributed by atoms with Gasteiger partial charge in [-0.05, 0) is 44.0 Å². The highest BCUT2D eigenvalue weighted by molar-refractivity contribution is 5.73. The lowest BCUT2D eigenvalue weighted by Gasteiger charge is -2.31. The minimum Gasteiger partial charge on any atom is -0.301 e. The predicted molar refractivity (Wildman–Crippen MR) is 86.2 cm³/mol. The lowest BCUT2D eigenvalue weighted by atomic mass is 9.92. The maximum atomic E-state index is 4.28. The minimum absolute atomic E-state index is 0.945. The molecule has 0 unspecified atom stereocenters. The molecule has 114 valence electrons. The third-order valence-electron chi connectivity index (χ3n) is 4.72. The molecule has 0 bridgehead atoms. The summed E-state index contributed by atoms with van der Waals surface area (Å²) >= 11 is 0. The Bertz CT molecular complexity index is 555. The molecule has 1 aromatic carbocycles. The van der Waals surface area contributed by atoms with Crippen molar-refractivity contribution in [3.05, 3.63) is 24.3 Å². The largest absolute Gasteiger partial charge is 0.301 e. The van der Waals surface area contributed by atoms with Crippen molar-refractivity contribution < 1.29 is 0 Å². The van der Waals surface area contributed by atoms with Crippen LogP contribution in [0.25, 0.3) is 11.0 Å². The highest BCUT2D eigenvalue weighted by atomic mass is 15.4. The van der Waals surface area contributed by atoms with Gasteiger partial charge in [-0.15, -0.1) is 5.10 Å². The Morgan fingerprint density at radius 3 is 2.76 bits per heavy atom. The van der Waals surface area contributed by atoms with E-state index < -0.39 is 0 Å². The monoisotopic (exact) mass is 286 g/mol. The van der Waals surface area contributed by atoms with Crippen molar-refractivity contribution in [2.45, 2.75) is 45.6 Å². The third-order valence-corrected chi connectivity index (χ3v) is 4.72. The van der Waals surface area contributed by atoms with Gasteiger partial charge in [0.2, 0.25) is 0 Å². The first-order valence-electron chi connectivity index (χ1n) is 8.37. The molecule has 0 aliphatic carbocycles. The van der Waals surface area contributed by atoms with Crippen LogP contribution < -0.4 is 0 Å². The summed E-state index contributed by atoms with van der Waals surface area (Å²) in [6, 6.07) is 8.20. The van der Waals surface area contributed by atoms with Gasteiger partial charge in [0.1, 0.15) is 5.52 Å². The first-order chi connectivity index (χ1) is 10.4. The highest BCUT2D eigenvalue weighted by Gasteiger charge is 2.18. The summed E-state index contributed by atoms with van der Waals surface area (Å²) in [5, 5.41) is 8.50. The van der Waals surface area contributed by atoms with Crippen molar-refractivity contribution in [2.75, 3.05) is 19.6 Å². The Morgan fingerprint density at radius 1 is 1.14 bits per heavy atom. The lowest BCUT2D eigenvalue weighted by Crippen LogP contribution is -2.36. The number of fused-ring (bicyclic) bond motifs is 1. The van der Waals surface area contributed by atoms with E-state index in [1.807, 2.05) is 16.8 Å². The number of nitrogens with zero attached hydrogens (tertiary/aromatic N) is 4. The number of benzene rings is 1. The number of hydrogen-bond acceptors (Lipinski definition) is 3. The molecule has 1 saturated heterocycles. The molecule has 0 amide bonds. The average Bonchev–Trinajstić information content (AvgIpc) is 2.95. The van der Waals surface area contributed by atoms with E-state index in [1.165, 1.54) is 45.2 Å². The molecule has 4 heteroatoms. The molecule has 1 aliphatic heterocycles. The van der Waals surface area contributed by atoms with Gasteiger partial charge in [0.15, 0.2) is 0 Å². The van der Waals surface area contributed by atoms with Gasteiger partial charge in [-0.3, -0.25) is 0 Å². The van der Waals surface area contributed by atoms with E-state index >= 15 is 0 Å². The van der Waals surface area contributed by atoms with Crippen LogP contribution in [0, 0.1) is 5.92 Å². The number of hydrogen-bond donors (Lipinski definition) is 0. The van der Waals surface area contributed by atoms with Crippen LogP contribution in [0.3, 0.4) is 0 Å². The smallest absolute Gasteiger partial charge is 0.113 e.